The smallest absolute Gasteiger partial charge is 0.133 e. The third-order valence-corrected chi connectivity index (χ3v) is 3.67. The van der Waals surface area contributed by atoms with E-state index in [-0.39, 0.29) is 0 Å². The van der Waals surface area contributed by atoms with Gasteiger partial charge < -0.3 is 15.1 Å². The number of hydrogen-bond acceptors (Lipinski definition) is 5. The number of aromatic nitrogens is 2. The van der Waals surface area contributed by atoms with Gasteiger partial charge in [-0.3, -0.25) is 0 Å². The number of hydrogen-bond donors (Lipinski definition) is 1. The molecule has 1 N–H and O–H groups in total. The average Bonchev–Trinajstić information content (AvgIpc) is 2.92. The molecule has 1 unspecified atom stereocenters. The fourth-order valence-electron chi connectivity index (χ4n) is 2.56. The first kappa shape index (κ1) is 14.1. The first-order valence-electron chi connectivity index (χ1n) is 7.15. The Kier molecular flexibility index (Phi) is 4.96. The predicted octanol–water partition coefficient (Wildman–Crippen LogP) is 1.37. The van der Waals surface area contributed by atoms with E-state index in [9.17, 15) is 0 Å². The Balaban J connectivity index is 2.00. The quantitative estimate of drug-likeness (QED) is 0.840. The third kappa shape index (κ3) is 3.80. The minimum Gasteiger partial charge on any atom is -0.360 e. The molecule has 0 radical (unpaired) electrons. The lowest BCUT2D eigenvalue weighted by atomic mass is 10.1. The molecule has 1 atom stereocenters. The first-order chi connectivity index (χ1) is 9.20. The van der Waals surface area contributed by atoms with Crippen LogP contribution in [0.3, 0.4) is 0 Å². The Bertz CT molecular complexity index is 389. The lowest BCUT2D eigenvalue weighted by Gasteiger charge is -2.23. The Hall–Kier alpha value is -1.36. The lowest BCUT2D eigenvalue weighted by molar-refractivity contribution is 0.575. The van der Waals surface area contributed by atoms with Gasteiger partial charge in [-0.25, -0.2) is 9.97 Å². The van der Waals surface area contributed by atoms with Crippen molar-refractivity contribution in [2.75, 3.05) is 50.1 Å². The van der Waals surface area contributed by atoms with Crippen LogP contribution in [0.2, 0.25) is 0 Å². The molecular formula is C14H25N5. The highest BCUT2D eigenvalue weighted by atomic mass is 15.2. The minimum absolute atomic E-state index is 0.733. The van der Waals surface area contributed by atoms with E-state index in [2.05, 4.69) is 52.2 Å². The van der Waals surface area contributed by atoms with Crippen molar-refractivity contribution >= 4 is 11.6 Å². The van der Waals surface area contributed by atoms with Crippen LogP contribution in [0.25, 0.3) is 0 Å². The van der Waals surface area contributed by atoms with Gasteiger partial charge in [-0.2, -0.15) is 0 Å². The summed E-state index contributed by atoms with van der Waals surface area (Å²) in [6.45, 7) is 6.52. The Morgan fingerprint density at radius 3 is 2.63 bits per heavy atom. The number of nitrogens with zero attached hydrogens (tertiary/aromatic N) is 4. The summed E-state index contributed by atoms with van der Waals surface area (Å²) in [5.74, 6) is 2.75. The van der Waals surface area contributed by atoms with E-state index < -0.39 is 0 Å². The van der Waals surface area contributed by atoms with Crippen molar-refractivity contribution in [3.8, 4) is 0 Å². The highest BCUT2D eigenvalue weighted by Crippen LogP contribution is 2.18. The Morgan fingerprint density at radius 1 is 1.26 bits per heavy atom. The fraction of sp³-hybridized carbons (Fsp3) is 0.714. The van der Waals surface area contributed by atoms with Crippen LogP contribution in [0, 0.1) is 5.92 Å². The molecule has 2 rings (SSSR count). The van der Waals surface area contributed by atoms with Crippen molar-refractivity contribution in [1.29, 1.82) is 0 Å². The summed E-state index contributed by atoms with van der Waals surface area (Å²) < 4.78 is 0. The maximum absolute atomic E-state index is 4.39. The second kappa shape index (κ2) is 6.70. The molecule has 1 fully saturated rings. The van der Waals surface area contributed by atoms with Crippen LogP contribution in [-0.4, -0.2) is 50.2 Å². The van der Waals surface area contributed by atoms with Crippen LogP contribution in [0.15, 0.2) is 12.4 Å². The van der Waals surface area contributed by atoms with E-state index in [0.717, 1.165) is 50.2 Å². The van der Waals surface area contributed by atoms with E-state index >= 15 is 0 Å². The fourth-order valence-corrected chi connectivity index (χ4v) is 2.56. The van der Waals surface area contributed by atoms with E-state index in [4.69, 9.17) is 0 Å². The maximum atomic E-state index is 4.39. The molecule has 1 aromatic heterocycles. The van der Waals surface area contributed by atoms with Crippen molar-refractivity contribution in [1.82, 2.24) is 15.3 Å². The second-order valence-electron chi connectivity index (χ2n) is 5.40. The molecule has 1 saturated heterocycles. The summed E-state index contributed by atoms with van der Waals surface area (Å²) in [5, 5.41) is 3.41. The second-order valence-corrected chi connectivity index (χ2v) is 5.40. The molecule has 5 nitrogen and oxygen atoms in total. The molecule has 5 heteroatoms. The molecule has 0 aliphatic carbocycles. The highest BCUT2D eigenvalue weighted by Gasteiger charge is 2.17. The summed E-state index contributed by atoms with van der Waals surface area (Å²) >= 11 is 0. The molecule has 2 heterocycles. The van der Waals surface area contributed by atoms with Gasteiger partial charge in [-0.05, 0) is 31.8 Å². The molecule has 1 aliphatic heterocycles. The SMILES string of the molecule is CCCN(C)c1cc(N(C)CC2CCNC2)ncn1. The van der Waals surface area contributed by atoms with Gasteiger partial charge in [0.15, 0.2) is 0 Å². The standard InChI is InChI=1S/C14H25N5/c1-4-7-18(2)13-8-14(17-11-16-13)19(3)10-12-5-6-15-9-12/h8,11-12,15H,4-7,9-10H2,1-3H3. The molecule has 0 amide bonds. The molecule has 0 spiro atoms. The topological polar surface area (TPSA) is 44.3 Å². The van der Waals surface area contributed by atoms with Crippen LogP contribution in [0.1, 0.15) is 19.8 Å². The third-order valence-electron chi connectivity index (χ3n) is 3.67. The monoisotopic (exact) mass is 263 g/mol. The van der Waals surface area contributed by atoms with Crippen molar-refractivity contribution < 1.29 is 0 Å². The van der Waals surface area contributed by atoms with Gasteiger partial charge in [0.05, 0.1) is 0 Å². The average molecular weight is 263 g/mol. The number of nitrogens with one attached hydrogen (secondary N) is 1. The zero-order valence-electron chi connectivity index (χ0n) is 12.3. The molecule has 0 aromatic carbocycles. The van der Waals surface area contributed by atoms with Crippen molar-refractivity contribution in [3.63, 3.8) is 0 Å². The summed E-state index contributed by atoms with van der Waals surface area (Å²) in [5.41, 5.74) is 0. The van der Waals surface area contributed by atoms with Crippen molar-refractivity contribution in [3.05, 3.63) is 12.4 Å². The van der Waals surface area contributed by atoms with Crippen LogP contribution >= 0.6 is 0 Å². The highest BCUT2D eigenvalue weighted by molar-refractivity contribution is 5.49. The molecule has 1 aliphatic rings. The van der Waals surface area contributed by atoms with Gasteiger partial charge in [0.1, 0.15) is 18.0 Å². The van der Waals surface area contributed by atoms with E-state index in [1.807, 2.05) is 0 Å². The summed E-state index contributed by atoms with van der Waals surface area (Å²) in [4.78, 5) is 13.2. The van der Waals surface area contributed by atoms with E-state index in [0.29, 0.717) is 0 Å². The number of rotatable bonds is 6. The molecule has 0 bridgehead atoms. The minimum atomic E-state index is 0.733. The zero-order chi connectivity index (χ0) is 13.7. The molecular weight excluding hydrogens is 238 g/mol. The van der Waals surface area contributed by atoms with Crippen LogP contribution in [0.4, 0.5) is 11.6 Å². The van der Waals surface area contributed by atoms with Gasteiger partial charge in [-0.15, -0.1) is 0 Å². The van der Waals surface area contributed by atoms with Gasteiger partial charge in [0.25, 0.3) is 0 Å². The molecule has 19 heavy (non-hydrogen) atoms. The lowest BCUT2D eigenvalue weighted by Crippen LogP contribution is -2.28. The van der Waals surface area contributed by atoms with Gasteiger partial charge in [-0.1, -0.05) is 6.92 Å². The summed E-state index contributed by atoms with van der Waals surface area (Å²) in [7, 11) is 4.20. The molecule has 106 valence electrons. The number of anilines is 2. The largest absolute Gasteiger partial charge is 0.360 e. The van der Waals surface area contributed by atoms with Gasteiger partial charge >= 0.3 is 0 Å². The first-order valence-corrected chi connectivity index (χ1v) is 7.15. The maximum Gasteiger partial charge on any atom is 0.133 e. The summed E-state index contributed by atoms with van der Waals surface area (Å²) in [6.07, 6.45) is 4.05. The van der Waals surface area contributed by atoms with Gasteiger partial charge in [0, 0.05) is 33.3 Å². The predicted molar refractivity (Wildman–Crippen MR) is 79.8 cm³/mol. The Labute approximate surface area is 116 Å². The van der Waals surface area contributed by atoms with Crippen LogP contribution in [-0.2, 0) is 0 Å². The molecule has 1 aromatic rings. The van der Waals surface area contributed by atoms with Crippen LogP contribution in [0.5, 0.6) is 0 Å². The summed E-state index contributed by atoms with van der Waals surface area (Å²) in [6, 6.07) is 2.08. The zero-order valence-corrected chi connectivity index (χ0v) is 12.3. The Morgan fingerprint density at radius 2 is 2.00 bits per heavy atom. The van der Waals surface area contributed by atoms with E-state index in [1.165, 1.54) is 6.42 Å². The normalized spacial score (nSPS) is 18.6. The van der Waals surface area contributed by atoms with E-state index in [1.54, 1.807) is 6.33 Å². The molecule has 0 saturated carbocycles. The van der Waals surface area contributed by atoms with Crippen LogP contribution < -0.4 is 15.1 Å². The van der Waals surface area contributed by atoms with Crippen molar-refractivity contribution in [2.24, 2.45) is 5.92 Å². The van der Waals surface area contributed by atoms with Gasteiger partial charge in [0.2, 0.25) is 0 Å². The van der Waals surface area contributed by atoms with Crippen molar-refractivity contribution in [2.45, 2.75) is 19.8 Å².